The van der Waals surface area contributed by atoms with Gasteiger partial charge in [0.05, 0.1) is 17.9 Å². The van der Waals surface area contributed by atoms with Crippen LogP contribution in [0.15, 0.2) is 41.5 Å². The molecule has 10 heteroatoms. The highest BCUT2D eigenvalue weighted by molar-refractivity contribution is 7.94. The van der Waals surface area contributed by atoms with E-state index < -0.39 is 37.2 Å². The fourth-order valence-electron chi connectivity index (χ4n) is 3.55. The first-order valence-corrected chi connectivity index (χ1v) is 10.8. The van der Waals surface area contributed by atoms with E-state index in [-0.39, 0.29) is 34.8 Å². The first-order chi connectivity index (χ1) is 14.5. The number of aliphatic imine (C=N–C) groups is 1. The Labute approximate surface area is 177 Å². The Morgan fingerprint density at radius 3 is 2.68 bits per heavy atom. The number of sulfone groups is 1. The number of aromatic nitrogens is 1. The Morgan fingerprint density at radius 1 is 1.35 bits per heavy atom. The first kappa shape index (κ1) is 21.1. The lowest BCUT2D eigenvalue weighted by atomic mass is 9.86. The molecule has 160 valence electrons. The Kier molecular flexibility index (Phi) is 4.72. The molecule has 2 N–H and O–H groups in total. The van der Waals surface area contributed by atoms with Crippen LogP contribution in [0, 0.1) is 17.1 Å². The van der Waals surface area contributed by atoms with Crippen molar-refractivity contribution in [3.8, 4) is 6.07 Å². The van der Waals surface area contributed by atoms with Crippen molar-refractivity contribution in [1.82, 2.24) is 4.98 Å². The molecule has 1 aromatic carbocycles. The Hall–Kier alpha value is -3.16. The largest absolute Gasteiger partial charge is 0.386 e. The second kappa shape index (κ2) is 6.93. The summed E-state index contributed by atoms with van der Waals surface area (Å²) in [6.45, 7) is 2.67. The highest BCUT2D eigenvalue weighted by Crippen LogP contribution is 2.50. The zero-order valence-corrected chi connectivity index (χ0v) is 17.5. The average Bonchev–Trinajstić information content (AvgIpc) is 2.71. The number of ether oxygens (including phenoxy) is 1. The summed E-state index contributed by atoms with van der Waals surface area (Å²) in [7, 11) is -3.93. The number of nitriles is 1. The number of nitrogens with two attached hydrogens (primary N) is 1. The number of fused-ring (bicyclic) bond motifs is 1. The van der Waals surface area contributed by atoms with Gasteiger partial charge in [0.2, 0.25) is 0 Å². The number of hydrogen-bond donors (Lipinski definition) is 1. The van der Waals surface area contributed by atoms with Gasteiger partial charge in [-0.2, -0.15) is 5.26 Å². The van der Waals surface area contributed by atoms with E-state index in [2.05, 4.69) is 9.98 Å². The standard InChI is InChI=1S/C21H18F2N4O3S/c1-20(2)18(25)27-21(11-30-19(21)31(20,28)29)14-7-12(3-5-15(14)22)8-16(23)17-6-4-13(9-24)10-26-17/h3-8,10,19H,11H2,1-2H3,(H2,25,27)/b16-8-/t19-,21+/m0/s1. The van der Waals surface area contributed by atoms with Crippen LogP contribution >= 0.6 is 0 Å². The molecule has 0 radical (unpaired) electrons. The third-order valence-electron chi connectivity index (χ3n) is 5.66. The minimum Gasteiger partial charge on any atom is -0.386 e. The monoisotopic (exact) mass is 444 g/mol. The van der Waals surface area contributed by atoms with Crippen LogP contribution in [0.3, 0.4) is 0 Å². The number of benzene rings is 1. The number of halogens is 2. The molecule has 3 heterocycles. The van der Waals surface area contributed by atoms with Gasteiger partial charge < -0.3 is 10.5 Å². The van der Waals surface area contributed by atoms with E-state index in [1.165, 1.54) is 44.3 Å². The molecule has 1 aromatic heterocycles. The molecule has 0 saturated carbocycles. The summed E-state index contributed by atoms with van der Waals surface area (Å²) in [6, 6.07) is 8.46. The Bertz CT molecular complexity index is 1280. The van der Waals surface area contributed by atoms with Crippen molar-refractivity contribution in [1.29, 1.82) is 5.26 Å². The predicted octanol–water partition coefficient (Wildman–Crippen LogP) is 2.68. The minimum absolute atomic E-state index is 0.00264. The fraction of sp³-hybridized carbons (Fsp3) is 0.286. The lowest BCUT2D eigenvalue weighted by Crippen LogP contribution is -2.68. The van der Waals surface area contributed by atoms with Crippen LogP contribution in [0.5, 0.6) is 0 Å². The maximum absolute atomic E-state index is 14.8. The van der Waals surface area contributed by atoms with E-state index in [1.807, 2.05) is 6.07 Å². The molecule has 2 aromatic rings. The molecule has 0 spiro atoms. The first-order valence-electron chi connectivity index (χ1n) is 9.27. The van der Waals surface area contributed by atoms with Crippen LogP contribution in [-0.2, 0) is 20.1 Å². The maximum Gasteiger partial charge on any atom is 0.192 e. The smallest absolute Gasteiger partial charge is 0.192 e. The van der Waals surface area contributed by atoms with Gasteiger partial charge in [0.25, 0.3) is 0 Å². The molecular formula is C21H18F2N4O3S. The van der Waals surface area contributed by atoms with Gasteiger partial charge in [-0.1, -0.05) is 6.07 Å². The molecule has 4 rings (SSSR count). The van der Waals surface area contributed by atoms with Crippen molar-refractivity contribution in [2.45, 2.75) is 29.6 Å². The molecular weight excluding hydrogens is 426 g/mol. The summed E-state index contributed by atoms with van der Waals surface area (Å²) in [4.78, 5) is 8.23. The number of nitrogens with zero attached hydrogens (tertiary/aromatic N) is 3. The molecule has 0 aliphatic carbocycles. The normalized spacial score (nSPS) is 26.2. The van der Waals surface area contributed by atoms with Crippen LogP contribution in [0.2, 0.25) is 0 Å². The topological polar surface area (TPSA) is 118 Å². The van der Waals surface area contributed by atoms with Gasteiger partial charge in [0, 0.05) is 11.8 Å². The number of hydrogen-bond acceptors (Lipinski definition) is 7. The van der Waals surface area contributed by atoms with Gasteiger partial charge in [-0.15, -0.1) is 0 Å². The SMILES string of the molecule is CC1(C)C(N)=N[C@@]2(c3cc(/C=C(\F)c4ccc(C#N)cn4)ccc3F)CO[C@H]2S1(=O)=O. The Balaban J connectivity index is 1.79. The molecule has 7 nitrogen and oxygen atoms in total. The van der Waals surface area contributed by atoms with Crippen molar-refractivity contribution < 1.29 is 21.9 Å². The van der Waals surface area contributed by atoms with E-state index in [0.717, 1.165) is 12.1 Å². The van der Waals surface area contributed by atoms with Crippen LogP contribution in [0.25, 0.3) is 11.9 Å². The lowest BCUT2D eigenvalue weighted by molar-refractivity contribution is -0.0905. The zero-order valence-electron chi connectivity index (χ0n) is 16.6. The Morgan fingerprint density at radius 2 is 2.10 bits per heavy atom. The van der Waals surface area contributed by atoms with Crippen molar-refractivity contribution in [3.05, 3.63) is 64.7 Å². The van der Waals surface area contributed by atoms with Crippen molar-refractivity contribution in [2.75, 3.05) is 6.61 Å². The summed E-state index contributed by atoms with van der Waals surface area (Å²) in [5.41, 5.74) is 3.55. The second-order valence-corrected chi connectivity index (χ2v) is 10.4. The summed E-state index contributed by atoms with van der Waals surface area (Å²) >= 11 is 0. The van der Waals surface area contributed by atoms with Gasteiger partial charge in [-0.05, 0) is 49.8 Å². The molecule has 2 aliphatic rings. The summed E-state index contributed by atoms with van der Waals surface area (Å²) in [5, 5.41) is 8.82. The number of rotatable bonds is 3. The third kappa shape index (κ3) is 3.04. The minimum atomic E-state index is -3.93. The van der Waals surface area contributed by atoms with Crippen LogP contribution in [0.4, 0.5) is 8.78 Å². The van der Waals surface area contributed by atoms with Crippen LogP contribution in [-0.4, -0.2) is 36.0 Å². The van der Waals surface area contributed by atoms with Crippen molar-refractivity contribution >= 4 is 27.6 Å². The highest BCUT2D eigenvalue weighted by atomic mass is 32.2. The fourth-order valence-corrected chi connectivity index (χ4v) is 5.43. The molecule has 2 atom stereocenters. The maximum atomic E-state index is 14.8. The molecule has 1 saturated heterocycles. The van der Waals surface area contributed by atoms with Gasteiger partial charge in [-0.25, -0.2) is 17.2 Å². The van der Waals surface area contributed by atoms with Crippen LogP contribution < -0.4 is 5.73 Å². The average molecular weight is 444 g/mol. The lowest BCUT2D eigenvalue weighted by Gasteiger charge is -2.51. The predicted molar refractivity (Wildman–Crippen MR) is 110 cm³/mol. The third-order valence-corrected chi connectivity index (χ3v) is 8.38. The molecule has 0 amide bonds. The summed E-state index contributed by atoms with van der Waals surface area (Å²) in [6.07, 6.45) is 2.37. The van der Waals surface area contributed by atoms with E-state index in [1.54, 1.807) is 0 Å². The molecule has 0 bridgehead atoms. The van der Waals surface area contributed by atoms with E-state index in [4.69, 9.17) is 15.7 Å². The molecule has 0 unspecified atom stereocenters. The highest BCUT2D eigenvalue weighted by Gasteiger charge is 2.65. The van der Waals surface area contributed by atoms with Gasteiger partial charge in [0.15, 0.2) is 20.8 Å². The summed E-state index contributed by atoms with van der Waals surface area (Å²) < 4.78 is 59.3. The number of amidine groups is 1. The van der Waals surface area contributed by atoms with Crippen LogP contribution in [0.1, 0.15) is 36.2 Å². The van der Waals surface area contributed by atoms with E-state index >= 15 is 0 Å². The van der Waals surface area contributed by atoms with Crippen molar-refractivity contribution in [3.63, 3.8) is 0 Å². The molecule has 2 aliphatic heterocycles. The molecule has 31 heavy (non-hydrogen) atoms. The van der Waals surface area contributed by atoms with Gasteiger partial charge >= 0.3 is 0 Å². The number of pyridine rings is 1. The molecule has 1 fully saturated rings. The van der Waals surface area contributed by atoms with Crippen molar-refractivity contribution in [2.24, 2.45) is 10.7 Å². The second-order valence-electron chi connectivity index (χ2n) is 7.90. The zero-order chi connectivity index (χ0) is 22.6. The van der Waals surface area contributed by atoms with E-state index in [0.29, 0.717) is 0 Å². The van der Waals surface area contributed by atoms with E-state index in [9.17, 15) is 17.2 Å². The summed E-state index contributed by atoms with van der Waals surface area (Å²) in [5.74, 6) is -1.55. The van der Waals surface area contributed by atoms with Gasteiger partial charge in [-0.3, -0.25) is 9.98 Å². The van der Waals surface area contributed by atoms with Gasteiger partial charge in [0.1, 0.15) is 28.3 Å². The quantitative estimate of drug-likeness (QED) is 0.778.